The van der Waals surface area contributed by atoms with Crippen LogP contribution >= 0.6 is 15.9 Å². The number of benzene rings is 1. The summed E-state index contributed by atoms with van der Waals surface area (Å²) in [5.41, 5.74) is 18.8. The molecule has 5 nitrogen and oxygen atoms in total. The van der Waals surface area contributed by atoms with Crippen LogP contribution in [0.15, 0.2) is 26.6 Å². The van der Waals surface area contributed by atoms with Crippen molar-refractivity contribution in [3.05, 3.63) is 27.7 Å². The molecule has 0 aromatic heterocycles. The van der Waals surface area contributed by atoms with Gasteiger partial charge in [0.1, 0.15) is 0 Å². The number of halogens is 1. The molecule has 6 N–H and O–H groups in total. The van der Waals surface area contributed by atoms with Crippen LogP contribution < -0.4 is 17.2 Å². The van der Waals surface area contributed by atoms with Crippen LogP contribution in [0.5, 0.6) is 0 Å². The Labute approximate surface area is 103 Å². The first-order valence-corrected chi connectivity index (χ1v) is 5.40. The van der Waals surface area contributed by atoms with Crippen LogP contribution in [0.25, 0.3) is 0 Å². The first kappa shape index (κ1) is 12.5. The summed E-state index contributed by atoms with van der Waals surface area (Å²) < 4.78 is 0.967. The van der Waals surface area contributed by atoms with Crippen LogP contribution in [0.4, 0.5) is 5.69 Å². The van der Waals surface area contributed by atoms with Gasteiger partial charge in [-0.1, -0.05) is 22.0 Å². The zero-order valence-corrected chi connectivity index (χ0v) is 10.7. The van der Waals surface area contributed by atoms with E-state index in [0.717, 1.165) is 21.3 Å². The van der Waals surface area contributed by atoms with Gasteiger partial charge in [0, 0.05) is 4.47 Å². The van der Waals surface area contributed by atoms with Crippen molar-refractivity contribution in [1.29, 1.82) is 0 Å². The molecule has 1 aromatic rings. The number of nitrogens with two attached hydrogens (primary N) is 3. The van der Waals surface area contributed by atoms with E-state index in [4.69, 9.17) is 17.2 Å². The molecular formula is C10H14BrN5. The number of nitrogens with zero attached hydrogens (tertiary/aromatic N) is 2. The zero-order valence-electron chi connectivity index (χ0n) is 9.16. The molecule has 16 heavy (non-hydrogen) atoms. The molecule has 0 amide bonds. The molecule has 0 spiro atoms. The minimum Gasteiger partial charge on any atom is -0.370 e. The van der Waals surface area contributed by atoms with Crippen LogP contribution in [0.2, 0.25) is 0 Å². The maximum Gasteiger partial charge on any atom is 0.223 e. The topological polar surface area (TPSA) is 103 Å². The quantitative estimate of drug-likeness (QED) is 0.534. The minimum absolute atomic E-state index is 0.0456. The van der Waals surface area contributed by atoms with Crippen molar-refractivity contribution < 1.29 is 0 Å². The van der Waals surface area contributed by atoms with E-state index < -0.39 is 0 Å². The Bertz CT molecular complexity index is 461. The summed E-state index contributed by atoms with van der Waals surface area (Å²) >= 11 is 3.43. The maximum atomic E-state index is 5.58. The van der Waals surface area contributed by atoms with Gasteiger partial charge in [0.2, 0.25) is 5.96 Å². The molecule has 0 bridgehead atoms. The van der Waals surface area contributed by atoms with Crippen molar-refractivity contribution in [3.8, 4) is 0 Å². The SMILES string of the molecule is Cc1ccc(Br)c(C)c1N=C(N)N=C(N)N. The first-order chi connectivity index (χ1) is 7.41. The van der Waals surface area contributed by atoms with Crippen molar-refractivity contribution in [2.24, 2.45) is 27.2 Å². The van der Waals surface area contributed by atoms with Gasteiger partial charge in [0.15, 0.2) is 5.96 Å². The summed E-state index contributed by atoms with van der Waals surface area (Å²) in [5.74, 6) is -0.0594. The van der Waals surface area contributed by atoms with Gasteiger partial charge in [-0.25, -0.2) is 4.99 Å². The molecule has 0 fully saturated rings. The highest BCUT2D eigenvalue weighted by Crippen LogP contribution is 2.29. The van der Waals surface area contributed by atoms with Crippen molar-refractivity contribution >= 4 is 33.5 Å². The molecule has 0 heterocycles. The summed E-state index contributed by atoms with van der Waals surface area (Å²) in [6.45, 7) is 3.89. The van der Waals surface area contributed by atoms with E-state index in [0.29, 0.717) is 0 Å². The Hall–Kier alpha value is -1.56. The Morgan fingerprint density at radius 3 is 2.38 bits per heavy atom. The van der Waals surface area contributed by atoms with Gasteiger partial charge in [0.25, 0.3) is 0 Å². The summed E-state index contributed by atoms with van der Waals surface area (Å²) in [6.07, 6.45) is 0. The Balaban J connectivity index is 3.24. The summed E-state index contributed by atoms with van der Waals surface area (Å²) in [7, 11) is 0. The van der Waals surface area contributed by atoms with Gasteiger partial charge in [-0.2, -0.15) is 4.99 Å². The number of aryl methyl sites for hydroxylation is 1. The van der Waals surface area contributed by atoms with Gasteiger partial charge in [-0.3, -0.25) is 0 Å². The van der Waals surface area contributed by atoms with E-state index in [-0.39, 0.29) is 11.9 Å². The summed E-state index contributed by atoms with van der Waals surface area (Å²) in [5, 5.41) is 0. The second-order valence-electron chi connectivity index (χ2n) is 3.34. The van der Waals surface area contributed by atoms with E-state index in [1.165, 1.54) is 0 Å². The third-order valence-electron chi connectivity index (χ3n) is 2.04. The Morgan fingerprint density at radius 1 is 1.19 bits per heavy atom. The monoisotopic (exact) mass is 283 g/mol. The molecular weight excluding hydrogens is 270 g/mol. The van der Waals surface area contributed by atoms with Crippen LogP contribution in [-0.2, 0) is 0 Å². The number of hydrogen-bond donors (Lipinski definition) is 3. The molecule has 6 heteroatoms. The molecule has 0 aliphatic carbocycles. The van der Waals surface area contributed by atoms with E-state index in [2.05, 4.69) is 25.9 Å². The lowest BCUT2D eigenvalue weighted by molar-refractivity contribution is 1.28. The lowest BCUT2D eigenvalue weighted by Crippen LogP contribution is -2.26. The third-order valence-corrected chi connectivity index (χ3v) is 2.90. The largest absolute Gasteiger partial charge is 0.370 e. The first-order valence-electron chi connectivity index (χ1n) is 4.61. The zero-order chi connectivity index (χ0) is 12.3. The summed E-state index contributed by atoms with van der Waals surface area (Å²) in [6, 6.07) is 3.90. The molecule has 1 rings (SSSR count). The molecule has 1 aromatic carbocycles. The average molecular weight is 284 g/mol. The van der Waals surface area contributed by atoms with Gasteiger partial charge >= 0.3 is 0 Å². The van der Waals surface area contributed by atoms with Crippen molar-refractivity contribution in [2.75, 3.05) is 0 Å². The van der Waals surface area contributed by atoms with E-state index in [9.17, 15) is 0 Å². The maximum absolute atomic E-state index is 5.58. The van der Waals surface area contributed by atoms with E-state index in [1.54, 1.807) is 0 Å². The predicted molar refractivity (Wildman–Crippen MR) is 70.7 cm³/mol. The predicted octanol–water partition coefficient (Wildman–Crippen LogP) is 1.29. The van der Waals surface area contributed by atoms with Crippen LogP contribution in [0.1, 0.15) is 11.1 Å². The molecule has 0 unspecified atom stereocenters. The van der Waals surface area contributed by atoms with Crippen molar-refractivity contribution in [1.82, 2.24) is 0 Å². The number of rotatable bonds is 1. The molecule has 0 saturated carbocycles. The fraction of sp³-hybridized carbons (Fsp3) is 0.200. The van der Waals surface area contributed by atoms with Gasteiger partial charge < -0.3 is 17.2 Å². The Kier molecular flexibility index (Phi) is 3.89. The van der Waals surface area contributed by atoms with Crippen LogP contribution in [-0.4, -0.2) is 11.9 Å². The molecule has 0 atom stereocenters. The standard InChI is InChI=1S/C10H14BrN5/c1-5-3-4-7(11)6(2)8(5)15-10(14)16-9(12)13/h3-4H,1-2H3,(H6,12,13,14,15,16). The van der Waals surface area contributed by atoms with E-state index in [1.807, 2.05) is 26.0 Å². The van der Waals surface area contributed by atoms with Crippen molar-refractivity contribution in [2.45, 2.75) is 13.8 Å². The van der Waals surface area contributed by atoms with Crippen LogP contribution in [0.3, 0.4) is 0 Å². The highest BCUT2D eigenvalue weighted by atomic mass is 79.9. The second kappa shape index (κ2) is 4.98. The van der Waals surface area contributed by atoms with Crippen molar-refractivity contribution in [3.63, 3.8) is 0 Å². The number of hydrogen-bond acceptors (Lipinski definition) is 1. The molecule has 86 valence electrons. The van der Waals surface area contributed by atoms with Gasteiger partial charge in [-0.05, 0) is 31.0 Å². The Morgan fingerprint density at radius 2 is 1.81 bits per heavy atom. The fourth-order valence-electron chi connectivity index (χ4n) is 1.25. The lowest BCUT2D eigenvalue weighted by atomic mass is 10.1. The normalized spacial score (nSPS) is 11.3. The average Bonchev–Trinajstić information content (AvgIpc) is 2.17. The van der Waals surface area contributed by atoms with Gasteiger partial charge in [0.05, 0.1) is 5.69 Å². The highest BCUT2D eigenvalue weighted by Gasteiger charge is 2.05. The lowest BCUT2D eigenvalue weighted by Gasteiger charge is -2.06. The van der Waals surface area contributed by atoms with E-state index >= 15 is 0 Å². The smallest absolute Gasteiger partial charge is 0.223 e. The second-order valence-corrected chi connectivity index (χ2v) is 4.20. The molecule has 0 radical (unpaired) electrons. The number of aliphatic imine (C=N–C) groups is 2. The van der Waals surface area contributed by atoms with Gasteiger partial charge in [-0.15, -0.1) is 0 Å². The molecule has 0 aliphatic rings. The molecule has 0 aliphatic heterocycles. The van der Waals surface area contributed by atoms with Crippen LogP contribution in [0, 0.1) is 13.8 Å². The highest BCUT2D eigenvalue weighted by molar-refractivity contribution is 9.10. The minimum atomic E-state index is -0.105. The number of guanidine groups is 2. The molecule has 0 saturated heterocycles. The third kappa shape index (κ3) is 2.96. The summed E-state index contributed by atoms with van der Waals surface area (Å²) in [4.78, 5) is 7.85. The fourth-order valence-corrected chi connectivity index (χ4v) is 1.57.